The molecule has 2 aromatic rings. The Kier molecular flexibility index (Phi) is 7.57. The van der Waals surface area contributed by atoms with Gasteiger partial charge in [0.2, 0.25) is 21.8 Å². The number of amides is 2. The first-order chi connectivity index (χ1) is 17.2. The zero-order valence-electron chi connectivity index (χ0n) is 19.4. The monoisotopic (exact) mass is 515 g/mol. The molecule has 1 heterocycles. The van der Waals surface area contributed by atoms with Gasteiger partial charge in [-0.05, 0) is 29.4 Å². The van der Waals surface area contributed by atoms with Gasteiger partial charge in [0.05, 0.1) is 12.4 Å². The van der Waals surface area contributed by atoms with Gasteiger partial charge in [0, 0.05) is 18.7 Å². The number of hydrogen-bond acceptors (Lipinski definition) is 7. The van der Waals surface area contributed by atoms with E-state index in [1.807, 2.05) is 0 Å². The van der Waals surface area contributed by atoms with E-state index in [-0.39, 0.29) is 35.9 Å². The largest absolute Gasteiger partial charge is 0.409 e. The minimum atomic E-state index is -3.91. The molecule has 1 saturated carbocycles. The van der Waals surface area contributed by atoms with Gasteiger partial charge >= 0.3 is 0 Å². The molecule has 0 radical (unpaired) electrons. The first-order valence-electron chi connectivity index (χ1n) is 11.5. The van der Waals surface area contributed by atoms with E-state index in [0.717, 1.165) is 12.0 Å². The fraction of sp³-hybridized carbons (Fsp3) is 0.375. The van der Waals surface area contributed by atoms with Crippen molar-refractivity contribution >= 4 is 27.7 Å². The average Bonchev–Trinajstić information content (AvgIpc) is 3.54. The maximum absolute atomic E-state index is 13.2. The molecule has 2 fully saturated rings. The molecule has 4 atom stereocenters. The number of nitrogens with one attached hydrogen (secondary N) is 2. The fourth-order valence-corrected chi connectivity index (χ4v) is 5.91. The van der Waals surface area contributed by atoms with Crippen molar-refractivity contribution in [2.45, 2.75) is 30.8 Å². The van der Waals surface area contributed by atoms with Crippen molar-refractivity contribution in [3.8, 4) is 0 Å². The second kappa shape index (κ2) is 10.6. The second-order valence-corrected chi connectivity index (χ2v) is 10.8. The number of oxime groups is 1. The number of likely N-dealkylation sites (tertiary alicyclic amines) is 1. The maximum atomic E-state index is 13.2. The molecular weight excluding hydrogens is 486 g/mol. The molecule has 1 aliphatic heterocycles. The van der Waals surface area contributed by atoms with E-state index in [0.29, 0.717) is 17.7 Å². The van der Waals surface area contributed by atoms with Crippen LogP contribution < -0.4 is 15.8 Å². The zero-order valence-corrected chi connectivity index (χ0v) is 20.3. The number of carbonyl (C=O) groups is 2. The Morgan fingerprint density at radius 2 is 1.81 bits per heavy atom. The third-order valence-electron chi connectivity index (χ3n) is 6.53. The molecule has 6 N–H and O–H groups in total. The lowest BCUT2D eigenvalue weighted by atomic mass is 10.1. The quantitative estimate of drug-likeness (QED) is 0.125. The molecule has 2 amide bonds. The number of nitrogens with zero attached hydrogens (tertiary/aromatic N) is 2. The topological polar surface area (TPSA) is 174 Å². The molecule has 2 aliphatic rings. The van der Waals surface area contributed by atoms with Crippen molar-refractivity contribution in [3.63, 3.8) is 0 Å². The standard InChI is InChI=1S/C24H29N5O6S/c25-22(27-33)17-8-6-15(7-9-17)11-26-23(31)21-19-10-18(19)12-29(21)24(32)20(13-30)28-36(34,35)14-16-4-2-1-3-5-16/h1-9,18-21,28,30,33H,10-14H2,(H2,25,27)(H,26,31)/t18?,19?,20-,21?/m1/s1. The highest BCUT2D eigenvalue weighted by Crippen LogP contribution is 2.49. The summed E-state index contributed by atoms with van der Waals surface area (Å²) < 4.78 is 27.5. The van der Waals surface area contributed by atoms with E-state index in [1.165, 1.54) is 4.90 Å². The minimum absolute atomic E-state index is 0.0113. The van der Waals surface area contributed by atoms with Crippen LogP contribution in [0.15, 0.2) is 59.8 Å². The summed E-state index contributed by atoms with van der Waals surface area (Å²) in [6, 6.07) is 13.2. The number of hydrogen-bond donors (Lipinski definition) is 5. The van der Waals surface area contributed by atoms with Crippen molar-refractivity contribution in [1.29, 1.82) is 0 Å². The van der Waals surface area contributed by atoms with Crippen molar-refractivity contribution < 1.29 is 28.3 Å². The predicted molar refractivity (Wildman–Crippen MR) is 131 cm³/mol. The number of aliphatic hydroxyl groups is 1. The molecule has 1 saturated heterocycles. The van der Waals surface area contributed by atoms with Crippen LogP contribution in [-0.4, -0.2) is 66.5 Å². The Balaban J connectivity index is 1.39. The average molecular weight is 516 g/mol. The molecular formula is C24H29N5O6S. The van der Waals surface area contributed by atoms with Gasteiger partial charge in [0.15, 0.2) is 5.84 Å². The Labute approximate surface area is 209 Å². The Bertz CT molecular complexity index is 1240. The van der Waals surface area contributed by atoms with Crippen LogP contribution >= 0.6 is 0 Å². The van der Waals surface area contributed by atoms with Gasteiger partial charge in [-0.1, -0.05) is 59.8 Å². The van der Waals surface area contributed by atoms with Crippen LogP contribution in [0.5, 0.6) is 0 Å². The number of nitrogens with two attached hydrogens (primary N) is 1. The van der Waals surface area contributed by atoms with Crippen LogP contribution in [0, 0.1) is 11.8 Å². The number of amidine groups is 1. The van der Waals surface area contributed by atoms with Gasteiger partial charge in [-0.3, -0.25) is 9.59 Å². The van der Waals surface area contributed by atoms with E-state index >= 15 is 0 Å². The summed E-state index contributed by atoms with van der Waals surface area (Å²) in [6.45, 7) is -0.176. The van der Waals surface area contributed by atoms with Crippen LogP contribution in [0.2, 0.25) is 0 Å². The van der Waals surface area contributed by atoms with Gasteiger partial charge < -0.3 is 26.3 Å². The predicted octanol–water partition coefficient (Wildman–Crippen LogP) is -0.275. The zero-order chi connectivity index (χ0) is 25.9. The molecule has 0 aromatic heterocycles. The summed E-state index contributed by atoms with van der Waals surface area (Å²) in [5.74, 6) is -1.12. The van der Waals surface area contributed by atoms with E-state index in [1.54, 1.807) is 54.6 Å². The number of sulfonamides is 1. The van der Waals surface area contributed by atoms with Crippen LogP contribution in [0.4, 0.5) is 0 Å². The molecule has 36 heavy (non-hydrogen) atoms. The van der Waals surface area contributed by atoms with Gasteiger partial charge in [0.25, 0.3) is 0 Å². The number of fused-ring (bicyclic) bond motifs is 1. The molecule has 0 spiro atoms. The lowest BCUT2D eigenvalue weighted by Crippen LogP contribution is -2.56. The first-order valence-corrected chi connectivity index (χ1v) is 13.2. The van der Waals surface area contributed by atoms with Crippen molar-refractivity contribution in [3.05, 3.63) is 71.3 Å². The van der Waals surface area contributed by atoms with Crippen molar-refractivity contribution in [2.75, 3.05) is 13.2 Å². The SMILES string of the molecule is N/C(=N\O)c1ccc(CNC(=O)C2C3CC3CN2C(=O)[C@@H](CO)NS(=O)(=O)Cc2ccccc2)cc1. The van der Waals surface area contributed by atoms with Gasteiger partial charge in [-0.25, -0.2) is 13.1 Å². The smallest absolute Gasteiger partial charge is 0.243 e. The first kappa shape index (κ1) is 25.6. The van der Waals surface area contributed by atoms with Crippen LogP contribution in [0.25, 0.3) is 0 Å². The number of benzene rings is 2. The Morgan fingerprint density at radius 1 is 1.11 bits per heavy atom. The van der Waals surface area contributed by atoms with Crippen LogP contribution in [0.3, 0.4) is 0 Å². The molecule has 4 rings (SSSR count). The van der Waals surface area contributed by atoms with Crippen molar-refractivity contribution in [1.82, 2.24) is 14.9 Å². The van der Waals surface area contributed by atoms with Crippen molar-refractivity contribution in [2.24, 2.45) is 22.7 Å². The van der Waals surface area contributed by atoms with E-state index in [2.05, 4.69) is 15.2 Å². The summed E-state index contributed by atoms with van der Waals surface area (Å²) >= 11 is 0. The Hall–Kier alpha value is -3.48. The summed E-state index contributed by atoms with van der Waals surface area (Å²) in [4.78, 5) is 27.6. The van der Waals surface area contributed by atoms with E-state index in [4.69, 9.17) is 10.9 Å². The Morgan fingerprint density at radius 3 is 2.44 bits per heavy atom. The van der Waals surface area contributed by atoms with Gasteiger partial charge in [-0.2, -0.15) is 0 Å². The molecule has 1 aliphatic carbocycles. The number of aliphatic hydroxyl groups excluding tert-OH is 1. The maximum Gasteiger partial charge on any atom is 0.243 e. The molecule has 3 unspecified atom stereocenters. The lowest BCUT2D eigenvalue weighted by Gasteiger charge is -2.30. The molecule has 2 aromatic carbocycles. The van der Waals surface area contributed by atoms with Gasteiger partial charge in [0.1, 0.15) is 12.1 Å². The third kappa shape index (κ3) is 5.83. The second-order valence-electron chi connectivity index (χ2n) is 9.09. The molecule has 12 heteroatoms. The summed E-state index contributed by atoms with van der Waals surface area (Å²) in [5.41, 5.74) is 7.42. The normalized spacial score (nSPS) is 22.1. The highest BCUT2D eigenvalue weighted by molar-refractivity contribution is 7.88. The fourth-order valence-electron chi connectivity index (χ4n) is 4.59. The number of piperidine rings is 1. The molecule has 192 valence electrons. The highest BCUT2D eigenvalue weighted by atomic mass is 32.2. The highest BCUT2D eigenvalue weighted by Gasteiger charge is 2.57. The number of carbonyl (C=O) groups excluding carboxylic acids is 2. The summed E-state index contributed by atoms with van der Waals surface area (Å²) in [6.07, 6.45) is 0.819. The van der Waals surface area contributed by atoms with Gasteiger partial charge in [-0.15, -0.1) is 0 Å². The summed E-state index contributed by atoms with van der Waals surface area (Å²) in [5, 5.41) is 24.4. The van der Waals surface area contributed by atoms with Crippen LogP contribution in [-0.2, 0) is 31.9 Å². The third-order valence-corrected chi connectivity index (χ3v) is 7.88. The number of rotatable bonds is 10. The minimum Gasteiger partial charge on any atom is -0.409 e. The summed E-state index contributed by atoms with van der Waals surface area (Å²) in [7, 11) is -3.91. The lowest BCUT2D eigenvalue weighted by molar-refractivity contribution is -0.141. The van der Waals surface area contributed by atoms with Crippen LogP contribution in [0.1, 0.15) is 23.1 Å². The van der Waals surface area contributed by atoms with E-state index < -0.39 is 34.6 Å². The van der Waals surface area contributed by atoms with E-state index in [9.17, 15) is 23.1 Å². The molecule has 11 nitrogen and oxygen atoms in total. The molecule has 0 bridgehead atoms.